The van der Waals surface area contributed by atoms with E-state index >= 15 is 0 Å². The summed E-state index contributed by atoms with van der Waals surface area (Å²) in [6.45, 7) is 9.55. The number of imide groups is 1. The maximum atomic E-state index is 12.9. The number of hydrogen-bond acceptors (Lipinski definition) is 3. The van der Waals surface area contributed by atoms with Crippen LogP contribution in [-0.2, 0) is 15.1 Å². The van der Waals surface area contributed by atoms with Crippen LogP contribution in [0.1, 0.15) is 64.5 Å². The molecule has 0 unspecified atom stereocenters. The van der Waals surface area contributed by atoms with Crippen LogP contribution in [0.2, 0.25) is 0 Å². The molecule has 142 valence electrons. The van der Waals surface area contributed by atoms with Crippen molar-refractivity contribution in [1.29, 1.82) is 0 Å². The lowest BCUT2D eigenvalue weighted by molar-refractivity contribution is -0.135. The molecule has 1 aliphatic rings. The predicted octanol–water partition coefficient (Wildman–Crippen LogP) is 2.88. The van der Waals surface area contributed by atoms with Gasteiger partial charge in [0.05, 0.1) is 0 Å². The maximum Gasteiger partial charge on any atom is 0.325 e. The first-order valence-electron chi connectivity index (χ1n) is 9.23. The summed E-state index contributed by atoms with van der Waals surface area (Å²) in [6.07, 6.45) is 1.81. The van der Waals surface area contributed by atoms with Gasteiger partial charge in [-0.25, -0.2) is 4.79 Å². The van der Waals surface area contributed by atoms with Gasteiger partial charge < -0.3 is 10.6 Å². The van der Waals surface area contributed by atoms with Crippen molar-refractivity contribution in [3.63, 3.8) is 0 Å². The smallest absolute Gasteiger partial charge is 0.325 e. The van der Waals surface area contributed by atoms with Crippen molar-refractivity contribution < 1.29 is 14.4 Å². The third kappa shape index (κ3) is 4.06. The molecule has 2 rings (SSSR count). The minimum absolute atomic E-state index is 0.0169. The quantitative estimate of drug-likeness (QED) is 0.735. The molecule has 2 atom stereocenters. The molecule has 1 aromatic carbocycles. The Kier molecular flexibility index (Phi) is 6.05. The van der Waals surface area contributed by atoms with E-state index in [1.54, 1.807) is 6.92 Å². The number of benzene rings is 1. The molecular weight excluding hydrogens is 330 g/mol. The number of rotatable bonds is 7. The van der Waals surface area contributed by atoms with Gasteiger partial charge in [0.2, 0.25) is 5.91 Å². The summed E-state index contributed by atoms with van der Waals surface area (Å²) in [7, 11) is 0. The average molecular weight is 359 g/mol. The highest BCUT2D eigenvalue weighted by Crippen LogP contribution is 2.29. The summed E-state index contributed by atoms with van der Waals surface area (Å²) in [6, 6.07) is 7.13. The van der Waals surface area contributed by atoms with E-state index in [2.05, 4.69) is 24.5 Å². The van der Waals surface area contributed by atoms with Gasteiger partial charge in [0.25, 0.3) is 5.91 Å². The van der Waals surface area contributed by atoms with E-state index in [-0.39, 0.29) is 18.5 Å². The van der Waals surface area contributed by atoms with Gasteiger partial charge in [0, 0.05) is 6.04 Å². The van der Waals surface area contributed by atoms with Gasteiger partial charge in [-0.2, -0.15) is 0 Å². The number of nitrogens with zero attached hydrogens (tertiary/aromatic N) is 1. The topological polar surface area (TPSA) is 78.5 Å². The highest BCUT2D eigenvalue weighted by Gasteiger charge is 2.49. The fourth-order valence-electron chi connectivity index (χ4n) is 3.21. The average Bonchev–Trinajstić information content (AvgIpc) is 2.79. The van der Waals surface area contributed by atoms with E-state index in [0.717, 1.165) is 23.3 Å². The van der Waals surface area contributed by atoms with Gasteiger partial charge in [-0.05, 0) is 37.3 Å². The highest BCUT2D eigenvalue weighted by molar-refractivity contribution is 6.09. The monoisotopic (exact) mass is 359 g/mol. The first kappa shape index (κ1) is 19.9. The van der Waals surface area contributed by atoms with Crippen molar-refractivity contribution >= 4 is 17.8 Å². The molecule has 0 saturated carbocycles. The second kappa shape index (κ2) is 7.89. The minimum Gasteiger partial charge on any atom is -0.352 e. The standard InChI is InChI=1S/C20H29N3O3/c1-6-7-14(4)21-17(24)12-23-18(25)20(5,22-19(23)26)16-10-8-15(9-11-16)13(2)3/h8-11,13-14H,6-7,12H2,1-5H3,(H,21,24)(H,22,26)/t14-,20-/m0/s1. The molecule has 0 spiro atoms. The van der Waals surface area contributed by atoms with Gasteiger partial charge >= 0.3 is 6.03 Å². The third-order valence-electron chi connectivity index (χ3n) is 4.86. The Hall–Kier alpha value is -2.37. The summed E-state index contributed by atoms with van der Waals surface area (Å²) in [5, 5.41) is 5.56. The van der Waals surface area contributed by atoms with Gasteiger partial charge in [0.1, 0.15) is 12.1 Å². The normalized spacial score (nSPS) is 21.1. The molecule has 1 aliphatic heterocycles. The summed E-state index contributed by atoms with van der Waals surface area (Å²) >= 11 is 0. The number of nitrogens with one attached hydrogen (secondary N) is 2. The summed E-state index contributed by atoms with van der Waals surface area (Å²) in [5.74, 6) is -0.344. The van der Waals surface area contributed by atoms with Crippen LogP contribution in [0.3, 0.4) is 0 Å². The zero-order valence-corrected chi connectivity index (χ0v) is 16.3. The maximum absolute atomic E-state index is 12.9. The van der Waals surface area contributed by atoms with Crippen LogP contribution in [0.25, 0.3) is 0 Å². The Bertz CT molecular complexity index is 684. The summed E-state index contributed by atoms with van der Waals surface area (Å²) in [5.41, 5.74) is 0.722. The van der Waals surface area contributed by atoms with Crippen molar-refractivity contribution in [1.82, 2.24) is 15.5 Å². The molecular formula is C20H29N3O3. The largest absolute Gasteiger partial charge is 0.352 e. The van der Waals surface area contributed by atoms with Crippen molar-refractivity contribution in [2.45, 2.75) is 65.0 Å². The Morgan fingerprint density at radius 1 is 1.19 bits per heavy atom. The second-order valence-corrected chi connectivity index (χ2v) is 7.48. The first-order valence-corrected chi connectivity index (χ1v) is 9.23. The third-order valence-corrected chi connectivity index (χ3v) is 4.86. The molecule has 0 aliphatic carbocycles. The van der Waals surface area contributed by atoms with E-state index in [1.807, 2.05) is 38.1 Å². The van der Waals surface area contributed by atoms with Crippen molar-refractivity contribution in [2.24, 2.45) is 0 Å². The molecule has 0 radical (unpaired) electrons. The Balaban J connectivity index is 2.12. The first-order chi connectivity index (χ1) is 12.2. The summed E-state index contributed by atoms with van der Waals surface area (Å²) in [4.78, 5) is 38.3. The summed E-state index contributed by atoms with van der Waals surface area (Å²) < 4.78 is 0. The van der Waals surface area contributed by atoms with Gasteiger partial charge in [0.15, 0.2) is 0 Å². The Morgan fingerprint density at radius 2 is 1.81 bits per heavy atom. The van der Waals surface area contributed by atoms with E-state index in [9.17, 15) is 14.4 Å². The van der Waals surface area contributed by atoms with Crippen LogP contribution < -0.4 is 10.6 Å². The van der Waals surface area contributed by atoms with Crippen LogP contribution in [0.15, 0.2) is 24.3 Å². The van der Waals surface area contributed by atoms with E-state index < -0.39 is 17.5 Å². The molecule has 6 heteroatoms. The van der Waals surface area contributed by atoms with E-state index in [0.29, 0.717) is 11.5 Å². The van der Waals surface area contributed by atoms with Crippen LogP contribution >= 0.6 is 0 Å². The number of hydrogen-bond donors (Lipinski definition) is 2. The second-order valence-electron chi connectivity index (χ2n) is 7.48. The molecule has 1 fully saturated rings. The number of carbonyl (C=O) groups excluding carboxylic acids is 3. The minimum atomic E-state index is -1.15. The fourth-order valence-corrected chi connectivity index (χ4v) is 3.21. The van der Waals surface area contributed by atoms with Gasteiger partial charge in [-0.1, -0.05) is 51.5 Å². The zero-order valence-electron chi connectivity index (χ0n) is 16.3. The fraction of sp³-hybridized carbons (Fsp3) is 0.550. The van der Waals surface area contributed by atoms with Crippen molar-refractivity contribution in [3.8, 4) is 0 Å². The van der Waals surface area contributed by atoms with Gasteiger partial charge in [-0.3, -0.25) is 14.5 Å². The Morgan fingerprint density at radius 3 is 2.35 bits per heavy atom. The molecule has 1 saturated heterocycles. The predicted molar refractivity (Wildman–Crippen MR) is 101 cm³/mol. The SMILES string of the molecule is CCC[C@H](C)NC(=O)CN1C(=O)N[C@@](C)(c2ccc(C(C)C)cc2)C1=O. The number of carbonyl (C=O) groups is 3. The van der Waals surface area contributed by atoms with Crippen LogP contribution in [0, 0.1) is 0 Å². The molecule has 4 amide bonds. The number of amides is 4. The molecule has 0 bridgehead atoms. The lowest BCUT2D eigenvalue weighted by Crippen LogP contribution is -2.44. The lowest BCUT2D eigenvalue weighted by atomic mass is 9.90. The lowest BCUT2D eigenvalue weighted by Gasteiger charge is -2.23. The zero-order chi connectivity index (χ0) is 19.5. The van der Waals surface area contributed by atoms with Crippen molar-refractivity contribution in [3.05, 3.63) is 35.4 Å². The number of urea groups is 1. The van der Waals surface area contributed by atoms with Crippen molar-refractivity contribution in [2.75, 3.05) is 6.54 Å². The van der Waals surface area contributed by atoms with E-state index in [4.69, 9.17) is 0 Å². The van der Waals surface area contributed by atoms with Crippen LogP contribution in [0.5, 0.6) is 0 Å². The van der Waals surface area contributed by atoms with Gasteiger partial charge in [-0.15, -0.1) is 0 Å². The van der Waals surface area contributed by atoms with Crippen LogP contribution in [-0.4, -0.2) is 35.3 Å². The van der Waals surface area contributed by atoms with E-state index in [1.165, 1.54) is 0 Å². The molecule has 1 aromatic rings. The molecule has 0 aromatic heterocycles. The molecule has 1 heterocycles. The Labute approximate surface area is 155 Å². The van der Waals surface area contributed by atoms with Crippen LogP contribution in [0.4, 0.5) is 4.79 Å². The molecule has 6 nitrogen and oxygen atoms in total. The molecule has 2 N–H and O–H groups in total. The molecule has 26 heavy (non-hydrogen) atoms. The highest BCUT2D eigenvalue weighted by atomic mass is 16.2.